The molecular formula is C20H26N2O4S. The molecule has 0 saturated heterocycles. The Morgan fingerprint density at radius 1 is 1.00 bits per heavy atom. The van der Waals surface area contributed by atoms with Crippen molar-refractivity contribution in [2.24, 2.45) is 0 Å². The van der Waals surface area contributed by atoms with E-state index < -0.39 is 10.0 Å². The van der Waals surface area contributed by atoms with Gasteiger partial charge in [-0.2, -0.15) is 0 Å². The Kier molecular flexibility index (Phi) is 6.98. The van der Waals surface area contributed by atoms with Gasteiger partial charge >= 0.3 is 0 Å². The van der Waals surface area contributed by atoms with Crippen LogP contribution >= 0.6 is 0 Å². The van der Waals surface area contributed by atoms with Crippen molar-refractivity contribution in [1.82, 2.24) is 10.0 Å². The number of amides is 1. The highest BCUT2D eigenvalue weighted by atomic mass is 32.2. The maximum absolute atomic E-state index is 12.4. The number of nitrogens with one attached hydrogen (secondary N) is 2. The van der Waals surface area contributed by atoms with Crippen molar-refractivity contribution >= 4 is 15.9 Å². The predicted molar refractivity (Wildman–Crippen MR) is 106 cm³/mol. The lowest BCUT2D eigenvalue weighted by molar-refractivity contribution is 0.0954. The summed E-state index contributed by atoms with van der Waals surface area (Å²) in [5, 5.41) is 2.72. The van der Waals surface area contributed by atoms with E-state index in [4.69, 9.17) is 4.74 Å². The average Bonchev–Trinajstić information content (AvgIpc) is 2.62. The summed E-state index contributed by atoms with van der Waals surface area (Å²) in [6.07, 6.45) is 0. The second-order valence-electron chi connectivity index (χ2n) is 6.34. The number of hydrogen-bond acceptors (Lipinski definition) is 4. The van der Waals surface area contributed by atoms with Gasteiger partial charge in [-0.1, -0.05) is 12.1 Å². The first-order chi connectivity index (χ1) is 12.7. The van der Waals surface area contributed by atoms with E-state index in [0.29, 0.717) is 17.7 Å². The van der Waals surface area contributed by atoms with Crippen LogP contribution in [0.5, 0.6) is 5.75 Å². The van der Waals surface area contributed by atoms with Crippen molar-refractivity contribution in [1.29, 1.82) is 0 Å². The minimum absolute atomic E-state index is 0.109. The molecule has 2 aromatic carbocycles. The summed E-state index contributed by atoms with van der Waals surface area (Å²) in [7, 11) is -3.61. The number of carbonyl (C=O) groups is 1. The topological polar surface area (TPSA) is 84.5 Å². The van der Waals surface area contributed by atoms with E-state index in [1.807, 2.05) is 26.8 Å². The molecule has 0 aromatic heterocycles. The number of aryl methyl sites for hydroxylation is 3. The SMILES string of the molecule is CCOc1ccc(C(=O)NCCNS(=O)(=O)c2cc(C)ccc2C)cc1C. The van der Waals surface area contributed by atoms with Crippen molar-refractivity contribution in [3.8, 4) is 5.75 Å². The van der Waals surface area contributed by atoms with Crippen LogP contribution in [0, 0.1) is 20.8 Å². The fourth-order valence-corrected chi connectivity index (χ4v) is 4.01. The first-order valence-electron chi connectivity index (χ1n) is 8.83. The molecule has 0 atom stereocenters. The van der Waals surface area contributed by atoms with E-state index in [1.165, 1.54) is 0 Å². The summed E-state index contributed by atoms with van der Waals surface area (Å²) in [5.41, 5.74) is 2.94. The maximum atomic E-state index is 12.4. The van der Waals surface area contributed by atoms with Gasteiger partial charge in [0.1, 0.15) is 5.75 Å². The van der Waals surface area contributed by atoms with Gasteiger partial charge in [0, 0.05) is 18.7 Å². The van der Waals surface area contributed by atoms with Crippen LogP contribution in [0.25, 0.3) is 0 Å². The molecule has 0 aliphatic rings. The molecular weight excluding hydrogens is 364 g/mol. The highest BCUT2D eigenvalue weighted by molar-refractivity contribution is 7.89. The standard InChI is InChI=1S/C20H26N2O4S/c1-5-26-18-9-8-17(13-16(18)4)20(23)21-10-11-22-27(24,25)19-12-14(2)6-7-15(19)3/h6-9,12-13,22H,5,10-11H2,1-4H3,(H,21,23). The van der Waals surface area contributed by atoms with Crippen LogP contribution in [0.3, 0.4) is 0 Å². The molecule has 0 saturated carbocycles. The van der Waals surface area contributed by atoms with Crippen molar-refractivity contribution in [2.45, 2.75) is 32.6 Å². The number of hydrogen-bond donors (Lipinski definition) is 2. The molecule has 6 nitrogen and oxygen atoms in total. The van der Waals surface area contributed by atoms with Gasteiger partial charge < -0.3 is 10.1 Å². The van der Waals surface area contributed by atoms with E-state index in [1.54, 1.807) is 37.3 Å². The largest absolute Gasteiger partial charge is 0.494 e. The summed E-state index contributed by atoms with van der Waals surface area (Å²) in [6.45, 7) is 8.24. The molecule has 146 valence electrons. The summed E-state index contributed by atoms with van der Waals surface area (Å²) < 4.78 is 32.8. The number of benzene rings is 2. The van der Waals surface area contributed by atoms with Crippen LogP contribution in [-0.2, 0) is 10.0 Å². The third kappa shape index (κ3) is 5.55. The Labute approximate surface area is 161 Å². The molecule has 0 spiro atoms. The molecule has 0 unspecified atom stereocenters. The fraction of sp³-hybridized carbons (Fsp3) is 0.350. The van der Waals surface area contributed by atoms with E-state index in [0.717, 1.165) is 16.9 Å². The van der Waals surface area contributed by atoms with Crippen molar-refractivity contribution in [3.63, 3.8) is 0 Å². The number of sulfonamides is 1. The zero-order valence-electron chi connectivity index (χ0n) is 16.1. The lowest BCUT2D eigenvalue weighted by Gasteiger charge is -2.11. The van der Waals surface area contributed by atoms with E-state index in [2.05, 4.69) is 10.0 Å². The molecule has 0 fully saturated rings. The molecule has 0 heterocycles. The molecule has 7 heteroatoms. The lowest BCUT2D eigenvalue weighted by atomic mass is 10.1. The maximum Gasteiger partial charge on any atom is 0.251 e. The van der Waals surface area contributed by atoms with Gasteiger partial charge in [-0.25, -0.2) is 13.1 Å². The molecule has 2 rings (SSSR count). The fourth-order valence-electron chi connectivity index (χ4n) is 2.65. The second kappa shape index (κ2) is 9.01. The van der Waals surface area contributed by atoms with Gasteiger partial charge in [-0.15, -0.1) is 0 Å². The summed E-state index contributed by atoms with van der Waals surface area (Å²) in [6, 6.07) is 10.5. The quantitative estimate of drug-likeness (QED) is 0.679. The van der Waals surface area contributed by atoms with Gasteiger partial charge in [0.05, 0.1) is 11.5 Å². The van der Waals surface area contributed by atoms with Crippen LogP contribution in [-0.4, -0.2) is 34.0 Å². The van der Waals surface area contributed by atoms with Crippen molar-refractivity contribution < 1.29 is 17.9 Å². The second-order valence-corrected chi connectivity index (χ2v) is 8.07. The Bertz CT molecular complexity index is 924. The molecule has 0 bridgehead atoms. The summed E-state index contributed by atoms with van der Waals surface area (Å²) in [5.74, 6) is 0.488. The van der Waals surface area contributed by atoms with Crippen LogP contribution in [0.15, 0.2) is 41.3 Å². The van der Waals surface area contributed by atoms with Crippen LogP contribution in [0.4, 0.5) is 0 Å². The molecule has 2 N–H and O–H groups in total. The van der Waals surface area contributed by atoms with Crippen molar-refractivity contribution in [2.75, 3.05) is 19.7 Å². The summed E-state index contributed by atoms with van der Waals surface area (Å²) in [4.78, 5) is 12.5. The smallest absolute Gasteiger partial charge is 0.251 e. The summed E-state index contributed by atoms with van der Waals surface area (Å²) >= 11 is 0. The van der Waals surface area contributed by atoms with E-state index in [9.17, 15) is 13.2 Å². The molecule has 0 aliphatic heterocycles. The first kappa shape index (κ1) is 20.9. The van der Waals surface area contributed by atoms with E-state index in [-0.39, 0.29) is 23.9 Å². The average molecular weight is 391 g/mol. The van der Waals surface area contributed by atoms with Gasteiger partial charge in [-0.3, -0.25) is 4.79 Å². The highest BCUT2D eigenvalue weighted by Crippen LogP contribution is 2.19. The first-order valence-corrected chi connectivity index (χ1v) is 10.3. The van der Waals surface area contributed by atoms with Crippen LogP contribution in [0.2, 0.25) is 0 Å². The van der Waals surface area contributed by atoms with Gasteiger partial charge in [0.15, 0.2) is 0 Å². The Hall–Kier alpha value is -2.38. The normalized spacial score (nSPS) is 11.3. The van der Waals surface area contributed by atoms with E-state index >= 15 is 0 Å². The Morgan fingerprint density at radius 2 is 1.74 bits per heavy atom. The molecule has 2 aromatic rings. The minimum Gasteiger partial charge on any atom is -0.494 e. The Morgan fingerprint density at radius 3 is 2.41 bits per heavy atom. The predicted octanol–water partition coefficient (Wildman–Crippen LogP) is 2.72. The molecule has 1 amide bonds. The monoisotopic (exact) mass is 390 g/mol. The Balaban J connectivity index is 1.91. The van der Waals surface area contributed by atoms with Crippen LogP contribution in [0.1, 0.15) is 34.0 Å². The van der Waals surface area contributed by atoms with Gasteiger partial charge in [0.25, 0.3) is 5.91 Å². The zero-order chi connectivity index (χ0) is 20.0. The third-order valence-corrected chi connectivity index (χ3v) is 5.68. The molecule has 0 aliphatic carbocycles. The van der Waals surface area contributed by atoms with Crippen molar-refractivity contribution in [3.05, 3.63) is 58.7 Å². The number of ether oxygens (including phenoxy) is 1. The third-order valence-electron chi connectivity index (χ3n) is 4.07. The number of rotatable bonds is 8. The van der Waals surface area contributed by atoms with Gasteiger partial charge in [-0.05, 0) is 68.7 Å². The zero-order valence-corrected chi connectivity index (χ0v) is 16.9. The highest BCUT2D eigenvalue weighted by Gasteiger charge is 2.16. The van der Waals surface area contributed by atoms with Crippen LogP contribution < -0.4 is 14.8 Å². The number of carbonyl (C=O) groups excluding carboxylic acids is 1. The lowest BCUT2D eigenvalue weighted by Crippen LogP contribution is -2.35. The molecule has 0 radical (unpaired) electrons. The van der Waals surface area contributed by atoms with Gasteiger partial charge in [0.2, 0.25) is 10.0 Å². The minimum atomic E-state index is -3.61. The molecule has 27 heavy (non-hydrogen) atoms.